The van der Waals surface area contributed by atoms with Crippen molar-refractivity contribution in [2.24, 2.45) is 0 Å². The van der Waals surface area contributed by atoms with Crippen LogP contribution in [-0.4, -0.2) is 39.3 Å². The number of nitrogens with zero attached hydrogens (tertiary/aromatic N) is 2. The highest BCUT2D eigenvalue weighted by atomic mass is 32.1. The van der Waals surface area contributed by atoms with E-state index < -0.39 is 24.4 Å². The second-order valence-electron chi connectivity index (χ2n) is 6.27. The molecule has 8 nitrogen and oxygen atoms in total. The predicted molar refractivity (Wildman–Crippen MR) is 99.4 cm³/mol. The number of carbonyl (C=O) groups excluding carboxylic acids is 2. The lowest BCUT2D eigenvalue weighted by molar-refractivity contribution is -0.137. The van der Waals surface area contributed by atoms with Gasteiger partial charge in [-0.2, -0.15) is 5.10 Å². The lowest BCUT2D eigenvalue weighted by Crippen LogP contribution is -2.21. The summed E-state index contributed by atoms with van der Waals surface area (Å²) in [5.41, 5.74) is 1.51. The largest absolute Gasteiger partial charge is 0.480 e. The maximum atomic E-state index is 12.7. The van der Waals surface area contributed by atoms with Crippen LogP contribution in [0.15, 0.2) is 12.3 Å². The van der Waals surface area contributed by atoms with E-state index in [1.165, 1.54) is 23.6 Å². The van der Waals surface area contributed by atoms with Gasteiger partial charge >= 0.3 is 11.9 Å². The zero-order chi connectivity index (χ0) is 19.4. The van der Waals surface area contributed by atoms with Gasteiger partial charge in [-0.05, 0) is 43.7 Å². The molecule has 27 heavy (non-hydrogen) atoms. The molecule has 0 fully saturated rings. The van der Waals surface area contributed by atoms with Gasteiger partial charge in [-0.1, -0.05) is 6.92 Å². The van der Waals surface area contributed by atoms with Crippen molar-refractivity contribution in [1.29, 1.82) is 0 Å². The van der Waals surface area contributed by atoms with Crippen molar-refractivity contribution in [1.82, 2.24) is 9.78 Å². The van der Waals surface area contributed by atoms with Gasteiger partial charge in [0.1, 0.15) is 17.2 Å². The van der Waals surface area contributed by atoms with Crippen molar-refractivity contribution in [3.63, 3.8) is 0 Å². The third kappa shape index (κ3) is 4.19. The van der Waals surface area contributed by atoms with E-state index in [4.69, 9.17) is 9.84 Å². The van der Waals surface area contributed by atoms with E-state index in [1.54, 1.807) is 0 Å². The molecule has 0 spiro atoms. The van der Waals surface area contributed by atoms with E-state index in [0.717, 1.165) is 40.8 Å². The van der Waals surface area contributed by atoms with Crippen molar-refractivity contribution in [2.75, 3.05) is 11.9 Å². The molecule has 1 amide bonds. The number of aliphatic carboxylic acids is 1. The maximum Gasteiger partial charge on any atom is 0.341 e. The SMILES string of the molecule is CCCOC(=O)c1c(NC(=O)c2ccnn2CC(=O)O)sc2c1CCCC2. The lowest BCUT2D eigenvalue weighted by atomic mass is 9.95. The van der Waals surface area contributed by atoms with Crippen LogP contribution in [0.2, 0.25) is 0 Å². The van der Waals surface area contributed by atoms with Crippen LogP contribution in [0.25, 0.3) is 0 Å². The molecule has 2 heterocycles. The number of esters is 1. The lowest BCUT2D eigenvalue weighted by Gasteiger charge is -2.12. The van der Waals surface area contributed by atoms with Crippen molar-refractivity contribution in [3.05, 3.63) is 34.0 Å². The van der Waals surface area contributed by atoms with Crippen LogP contribution in [-0.2, 0) is 28.9 Å². The number of nitrogens with one attached hydrogen (secondary N) is 1. The quantitative estimate of drug-likeness (QED) is 0.702. The van der Waals surface area contributed by atoms with Gasteiger partial charge in [0, 0.05) is 11.1 Å². The van der Waals surface area contributed by atoms with Gasteiger partial charge in [0.05, 0.1) is 12.2 Å². The van der Waals surface area contributed by atoms with Gasteiger partial charge in [0.2, 0.25) is 0 Å². The summed E-state index contributed by atoms with van der Waals surface area (Å²) in [6.45, 7) is 1.83. The number of fused-ring (bicyclic) bond motifs is 1. The number of carboxylic acids is 1. The number of anilines is 1. The van der Waals surface area contributed by atoms with Crippen molar-refractivity contribution >= 4 is 34.2 Å². The van der Waals surface area contributed by atoms with Crippen LogP contribution in [0, 0.1) is 0 Å². The zero-order valence-corrected chi connectivity index (χ0v) is 15.8. The molecule has 1 aliphatic rings. The minimum atomic E-state index is -1.09. The molecule has 0 aliphatic heterocycles. The Morgan fingerprint density at radius 2 is 2.11 bits per heavy atom. The molecular weight excluding hydrogens is 370 g/mol. The molecule has 9 heteroatoms. The smallest absolute Gasteiger partial charge is 0.341 e. The average molecular weight is 391 g/mol. The highest BCUT2D eigenvalue weighted by molar-refractivity contribution is 7.17. The van der Waals surface area contributed by atoms with Gasteiger partial charge in [-0.15, -0.1) is 11.3 Å². The fraction of sp³-hybridized carbons (Fsp3) is 0.444. The molecule has 1 aliphatic carbocycles. The number of aromatic nitrogens is 2. The summed E-state index contributed by atoms with van der Waals surface area (Å²) in [5, 5.41) is 16.0. The fourth-order valence-electron chi connectivity index (χ4n) is 3.08. The summed E-state index contributed by atoms with van der Waals surface area (Å²) in [4.78, 5) is 37.3. The molecule has 2 N–H and O–H groups in total. The summed E-state index contributed by atoms with van der Waals surface area (Å²) in [5.74, 6) is -2.02. The first-order valence-corrected chi connectivity index (χ1v) is 9.69. The van der Waals surface area contributed by atoms with Crippen LogP contribution >= 0.6 is 11.3 Å². The van der Waals surface area contributed by atoms with Crippen molar-refractivity contribution in [2.45, 2.75) is 45.6 Å². The Hall–Kier alpha value is -2.68. The highest BCUT2D eigenvalue weighted by Gasteiger charge is 2.28. The summed E-state index contributed by atoms with van der Waals surface area (Å²) < 4.78 is 6.42. The third-order valence-corrected chi connectivity index (χ3v) is 5.48. The second kappa shape index (κ2) is 8.34. The van der Waals surface area contributed by atoms with E-state index in [1.807, 2.05) is 6.92 Å². The molecule has 2 aromatic heterocycles. The van der Waals surface area contributed by atoms with Crippen LogP contribution in [0.1, 0.15) is 57.5 Å². The predicted octanol–water partition coefficient (Wildman–Crippen LogP) is 2.73. The number of ether oxygens (including phenoxy) is 1. The van der Waals surface area contributed by atoms with Gasteiger partial charge in [-0.3, -0.25) is 9.59 Å². The molecule has 144 valence electrons. The summed E-state index contributed by atoms with van der Waals surface area (Å²) in [6.07, 6.45) is 5.80. The standard InChI is InChI=1S/C18H21N3O5S/c1-2-9-26-18(25)15-11-5-3-4-6-13(11)27-17(15)20-16(24)12-7-8-19-21(12)10-14(22)23/h7-8H,2-6,9-10H2,1H3,(H,20,24)(H,22,23). The minimum Gasteiger partial charge on any atom is -0.480 e. The molecule has 0 saturated heterocycles. The van der Waals surface area contributed by atoms with Crippen LogP contribution in [0.5, 0.6) is 0 Å². The van der Waals surface area contributed by atoms with Gasteiger partial charge in [0.25, 0.3) is 5.91 Å². The number of hydrogen-bond donors (Lipinski definition) is 2. The Bertz CT molecular complexity index is 870. The summed E-state index contributed by atoms with van der Waals surface area (Å²) in [7, 11) is 0. The molecule has 0 unspecified atom stereocenters. The molecule has 0 aromatic carbocycles. The van der Waals surface area contributed by atoms with Gasteiger partial charge in [-0.25, -0.2) is 9.48 Å². The molecule has 0 atom stereocenters. The van der Waals surface area contributed by atoms with Crippen molar-refractivity contribution in [3.8, 4) is 0 Å². The van der Waals surface area contributed by atoms with E-state index in [0.29, 0.717) is 23.6 Å². The number of hydrogen-bond acceptors (Lipinski definition) is 6. The number of amides is 1. The minimum absolute atomic E-state index is 0.122. The van der Waals surface area contributed by atoms with Crippen molar-refractivity contribution < 1.29 is 24.2 Å². The molecule has 0 saturated carbocycles. The second-order valence-corrected chi connectivity index (χ2v) is 7.38. The van der Waals surface area contributed by atoms with Crippen LogP contribution < -0.4 is 5.32 Å². The molecule has 2 aromatic rings. The van der Waals surface area contributed by atoms with Gasteiger partial charge in [0.15, 0.2) is 0 Å². The highest BCUT2D eigenvalue weighted by Crippen LogP contribution is 2.38. The summed E-state index contributed by atoms with van der Waals surface area (Å²) >= 11 is 1.39. The number of thiophene rings is 1. The normalized spacial score (nSPS) is 13.1. The number of carboxylic acid groups (broad SMARTS) is 1. The van der Waals surface area contributed by atoms with E-state index in [-0.39, 0.29) is 5.69 Å². The molecule has 0 radical (unpaired) electrons. The van der Waals surface area contributed by atoms with Crippen LogP contribution in [0.3, 0.4) is 0 Å². The first-order valence-electron chi connectivity index (χ1n) is 8.87. The first-order chi connectivity index (χ1) is 13.0. The molecule has 3 rings (SSSR count). The Morgan fingerprint density at radius 3 is 2.85 bits per heavy atom. The Labute approximate surface area is 160 Å². The maximum absolute atomic E-state index is 12.7. The van der Waals surface area contributed by atoms with E-state index >= 15 is 0 Å². The molecule has 0 bridgehead atoms. The monoisotopic (exact) mass is 391 g/mol. The number of aryl methyl sites for hydroxylation is 1. The topological polar surface area (TPSA) is 111 Å². The van der Waals surface area contributed by atoms with Gasteiger partial charge < -0.3 is 15.2 Å². The fourth-order valence-corrected chi connectivity index (χ4v) is 4.36. The third-order valence-electron chi connectivity index (χ3n) is 4.27. The zero-order valence-electron chi connectivity index (χ0n) is 15.0. The number of carbonyl (C=O) groups is 3. The van der Waals surface area contributed by atoms with Crippen LogP contribution in [0.4, 0.5) is 5.00 Å². The Morgan fingerprint density at radius 1 is 1.33 bits per heavy atom. The summed E-state index contributed by atoms with van der Waals surface area (Å²) in [6, 6.07) is 1.45. The number of rotatable bonds is 7. The Balaban J connectivity index is 1.89. The first kappa shape index (κ1) is 19.1. The molecular formula is C18H21N3O5S. The Kier molecular flexibility index (Phi) is 5.90. The van der Waals surface area contributed by atoms with E-state index in [9.17, 15) is 14.4 Å². The average Bonchev–Trinajstić information content (AvgIpc) is 3.23. The van der Waals surface area contributed by atoms with E-state index in [2.05, 4.69) is 10.4 Å².